The largest absolute Gasteiger partial charge is 0.493 e. The summed E-state index contributed by atoms with van der Waals surface area (Å²) >= 11 is 13.0. The first kappa shape index (κ1) is 21.0. The normalized spacial score (nSPS) is 10.6. The molecule has 0 fully saturated rings. The number of hydrogen-bond donors (Lipinski definition) is 1. The van der Waals surface area contributed by atoms with Crippen molar-refractivity contribution in [1.82, 2.24) is 0 Å². The molecular formula is C21H17Br2ClFNO2. The maximum atomic E-state index is 13.2. The lowest BCUT2D eigenvalue weighted by atomic mass is 10.2. The van der Waals surface area contributed by atoms with Crippen molar-refractivity contribution in [2.75, 3.05) is 12.4 Å². The molecule has 0 aliphatic carbocycles. The Hall–Kier alpha value is -1.76. The van der Waals surface area contributed by atoms with E-state index in [9.17, 15) is 4.39 Å². The number of hydrogen-bond acceptors (Lipinski definition) is 3. The van der Waals surface area contributed by atoms with E-state index < -0.39 is 0 Å². The van der Waals surface area contributed by atoms with Crippen LogP contribution in [0.5, 0.6) is 11.5 Å². The Bertz CT molecular complexity index is 967. The van der Waals surface area contributed by atoms with Crippen molar-refractivity contribution in [2.45, 2.75) is 13.2 Å². The van der Waals surface area contributed by atoms with Crippen molar-refractivity contribution in [3.05, 3.63) is 85.5 Å². The molecule has 0 unspecified atom stereocenters. The summed E-state index contributed by atoms with van der Waals surface area (Å²) < 4.78 is 26.4. The molecule has 0 spiro atoms. The van der Waals surface area contributed by atoms with Crippen LogP contribution < -0.4 is 14.8 Å². The molecule has 0 amide bonds. The van der Waals surface area contributed by atoms with Crippen molar-refractivity contribution < 1.29 is 13.9 Å². The third-order valence-electron chi connectivity index (χ3n) is 4.02. The summed E-state index contributed by atoms with van der Waals surface area (Å²) in [5.41, 5.74) is 2.74. The Labute approximate surface area is 185 Å². The molecule has 3 nitrogen and oxygen atoms in total. The van der Waals surface area contributed by atoms with E-state index in [1.165, 1.54) is 12.1 Å². The third-order valence-corrected chi connectivity index (χ3v) is 5.49. The van der Waals surface area contributed by atoms with Gasteiger partial charge in [0.05, 0.1) is 16.6 Å². The van der Waals surface area contributed by atoms with Crippen LogP contribution in [0.2, 0.25) is 5.02 Å². The van der Waals surface area contributed by atoms with Crippen LogP contribution in [0, 0.1) is 5.82 Å². The highest BCUT2D eigenvalue weighted by Crippen LogP contribution is 2.37. The number of nitrogens with one attached hydrogen (secondary N) is 1. The topological polar surface area (TPSA) is 30.5 Å². The van der Waals surface area contributed by atoms with Gasteiger partial charge >= 0.3 is 0 Å². The molecule has 0 radical (unpaired) electrons. The van der Waals surface area contributed by atoms with Gasteiger partial charge in [-0.05, 0) is 70.0 Å². The number of benzene rings is 3. The van der Waals surface area contributed by atoms with Crippen molar-refractivity contribution >= 4 is 49.1 Å². The van der Waals surface area contributed by atoms with Gasteiger partial charge in [-0.1, -0.05) is 33.6 Å². The summed E-state index contributed by atoms with van der Waals surface area (Å²) in [5, 5.41) is 3.69. The Morgan fingerprint density at radius 2 is 1.79 bits per heavy atom. The quantitative estimate of drug-likeness (QED) is 0.351. The van der Waals surface area contributed by atoms with Crippen LogP contribution in [0.1, 0.15) is 11.1 Å². The molecule has 0 saturated heterocycles. The van der Waals surface area contributed by atoms with Gasteiger partial charge in [0.1, 0.15) is 12.4 Å². The SMILES string of the molecule is COc1cc(CNc2ccc(Br)cc2)cc(Br)c1OCc1ccc(F)cc1Cl. The molecule has 146 valence electrons. The fourth-order valence-corrected chi connectivity index (χ4v) is 3.67. The summed E-state index contributed by atoms with van der Waals surface area (Å²) in [6.07, 6.45) is 0. The van der Waals surface area contributed by atoms with Crippen LogP contribution in [0.15, 0.2) is 63.5 Å². The van der Waals surface area contributed by atoms with Gasteiger partial charge in [0.15, 0.2) is 11.5 Å². The second kappa shape index (κ2) is 9.63. The predicted octanol–water partition coefficient (Wildman–Crippen LogP) is 7.20. The number of halogens is 4. The van der Waals surface area contributed by atoms with Gasteiger partial charge in [0.25, 0.3) is 0 Å². The van der Waals surface area contributed by atoms with Gasteiger partial charge in [-0.2, -0.15) is 0 Å². The maximum absolute atomic E-state index is 13.2. The van der Waals surface area contributed by atoms with E-state index >= 15 is 0 Å². The van der Waals surface area contributed by atoms with Gasteiger partial charge in [-0.3, -0.25) is 0 Å². The number of ether oxygens (including phenoxy) is 2. The van der Waals surface area contributed by atoms with Crippen molar-refractivity contribution in [3.63, 3.8) is 0 Å². The number of anilines is 1. The first-order valence-corrected chi connectivity index (χ1v) is 10.3. The van der Waals surface area contributed by atoms with Gasteiger partial charge in [0, 0.05) is 22.3 Å². The lowest BCUT2D eigenvalue weighted by Crippen LogP contribution is -2.03. The van der Waals surface area contributed by atoms with Crippen LogP contribution in [0.4, 0.5) is 10.1 Å². The summed E-state index contributed by atoms with van der Waals surface area (Å²) in [6, 6.07) is 16.1. The molecule has 28 heavy (non-hydrogen) atoms. The second-order valence-corrected chi connectivity index (χ2v) is 8.17. The minimum absolute atomic E-state index is 0.199. The molecule has 1 N–H and O–H groups in total. The first-order chi connectivity index (χ1) is 13.5. The molecule has 0 aliphatic heterocycles. The molecule has 3 aromatic rings. The van der Waals surface area contributed by atoms with Crippen LogP contribution in [-0.2, 0) is 13.2 Å². The van der Waals surface area contributed by atoms with E-state index in [0.29, 0.717) is 28.6 Å². The van der Waals surface area contributed by atoms with Crippen LogP contribution >= 0.6 is 43.5 Å². The highest BCUT2D eigenvalue weighted by atomic mass is 79.9. The van der Waals surface area contributed by atoms with Gasteiger partial charge in [-0.25, -0.2) is 4.39 Å². The Morgan fingerprint density at radius 3 is 2.46 bits per heavy atom. The van der Waals surface area contributed by atoms with Crippen LogP contribution in [0.25, 0.3) is 0 Å². The Kier molecular flexibility index (Phi) is 7.21. The molecule has 0 bridgehead atoms. The molecular weight excluding hydrogens is 512 g/mol. The minimum atomic E-state index is -0.380. The fraction of sp³-hybridized carbons (Fsp3) is 0.143. The molecule has 0 aromatic heterocycles. The Balaban J connectivity index is 1.72. The van der Waals surface area contributed by atoms with E-state index in [2.05, 4.69) is 37.2 Å². The zero-order valence-electron chi connectivity index (χ0n) is 14.9. The highest BCUT2D eigenvalue weighted by Gasteiger charge is 2.13. The molecule has 0 saturated carbocycles. The van der Waals surface area contributed by atoms with E-state index in [-0.39, 0.29) is 12.4 Å². The smallest absolute Gasteiger partial charge is 0.175 e. The lowest BCUT2D eigenvalue weighted by molar-refractivity contribution is 0.282. The van der Waals surface area contributed by atoms with Gasteiger partial charge < -0.3 is 14.8 Å². The van der Waals surface area contributed by atoms with E-state index in [0.717, 1.165) is 20.2 Å². The molecule has 3 rings (SSSR count). The second-order valence-electron chi connectivity index (χ2n) is 5.99. The molecule has 0 heterocycles. The maximum Gasteiger partial charge on any atom is 0.175 e. The summed E-state index contributed by atoms with van der Waals surface area (Å²) in [7, 11) is 1.59. The van der Waals surface area contributed by atoms with Crippen molar-refractivity contribution in [2.24, 2.45) is 0 Å². The van der Waals surface area contributed by atoms with E-state index in [1.807, 2.05) is 36.4 Å². The molecule has 0 atom stereocenters. The average molecular weight is 530 g/mol. The summed E-state index contributed by atoms with van der Waals surface area (Å²) in [4.78, 5) is 0. The predicted molar refractivity (Wildman–Crippen MR) is 118 cm³/mol. The minimum Gasteiger partial charge on any atom is -0.493 e. The summed E-state index contributed by atoms with van der Waals surface area (Å²) in [5.74, 6) is 0.783. The van der Waals surface area contributed by atoms with Gasteiger partial charge in [0.2, 0.25) is 0 Å². The highest BCUT2D eigenvalue weighted by molar-refractivity contribution is 9.10. The van der Waals surface area contributed by atoms with Crippen LogP contribution in [-0.4, -0.2) is 7.11 Å². The third kappa shape index (κ3) is 5.40. The standard InChI is InChI=1S/C21H17Br2ClFNO2/c1-27-20-9-13(11-26-17-6-3-15(22)4-7-17)8-18(23)21(20)28-12-14-2-5-16(25)10-19(14)24/h2-10,26H,11-12H2,1H3. The van der Waals surface area contributed by atoms with E-state index in [4.69, 9.17) is 21.1 Å². The molecule has 7 heteroatoms. The monoisotopic (exact) mass is 527 g/mol. The fourth-order valence-electron chi connectivity index (χ4n) is 2.58. The molecule has 0 aliphatic rings. The van der Waals surface area contributed by atoms with Crippen molar-refractivity contribution in [1.29, 1.82) is 0 Å². The number of rotatable bonds is 7. The zero-order chi connectivity index (χ0) is 20.1. The molecule has 3 aromatic carbocycles. The average Bonchev–Trinajstić information content (AvgIpc) is 2.67. The van der Waals surface area contributed by atoms with E-state index in [1.54, 1.807) is 13.2 Å². The van der Waals surface area contributed by atoms with Crippen LogP contribution in [0.3, 0.4) is 0 Å². The summed E-state index contributed by atoms with van der Waals surface area (Å²) in [6.45, 7) is 0.825. The zero-order valence-corrected chi connectivity index (χ0v) is 18.9. The van der Waals surface area contributed by atoms with Gasteiger partial charge in [-0.15, -0.1) is 0 Å². The van der Waals surface area contributed by atoms with Crippen molar-refractivity contribution in [3.8, 4) is 11.5 Å². The lowest BCUT2D eigenvalue weighted by Gasteiger charge is -2.15. The first-order valence-electron chi connectivity index (χ1n) is 8.39. The number of methoxy groups -OCH3 is 1. The Morgan fingerprint density at radius 1 is 1.04 bits per heavy atom.